The maximum absolute atomic E-state index is 11.7. The lowest BCUT2D eigenvalue weighted by atomic mass is 10.2. The second-order valence-corrected chi connectivity index (χ2v) is 7.29. The number of rotatable bonds is 6. The van der Waals surface area contributed by atoms with Crippen LogP contribution in [-0.4, -0.2) is 17.9 Å². The highest BCUT2D eigenvalue weighted by Crippen LogP contribution is 2.16. The second-order valence-electron chi connectivity index (χ2n) is 4.47. The molecule has 1 N–H and O–H groups in total. The molecule has 0 aliphatic rings. The van der Waals surface area contributed by atoms with Crippen molar-refractivity contribution >= 4 is 55.7 Å². The third-order valence-corrected chi connectivity index (χ3v) is 4.63. The summed E-state index contributed by atoms with van der Waals surface area (Å²) >= 11 is 8.38. The van der Waals surface area contributed by atoms with E-state index in [9.17, 15) is 4.79 Å². The van der Waals surface area contributed by atoms with E-state index in [0.717, 1.165) is 20.3 Å². The number of benzene rings is 2. The van der Waals surface area contributed by atoms with Crippen LogP contribution in [0.5, 0.6) is 0 Å². The summed E-state index contributed by atoms with van der Waals surface area (Å²) in [5, 5.41) is 3.96. The Kier molecular flexibility index (Phi) is 7.15. The van der Waals surface area contributed by atoms with Crippen LogP contribution < -0.4 is 5.43 Å². The predicted molar refractivity (Wildman–Crippen MR) is 100 cm³/mol. The summed E-state index contributed by atoms with van der Waals surface area (Å²) in [6.07, 6.45) is 1.63. The van der Waals surface area contributed by atoms with Crippen molar-refractivity contribution in [3.63, 3.8) is 0 Å². The fourth-order valence-corrected chi connectivity index (χ4v) is 3.32. The molecular formula is C16H14Br2N2OS. The molecule has 0 fully saturated rings. The molecule has 2 rings (SSSR count). The Morgan fingerprint density at radius 1 is 1.14 bits per heavy atom. The molecule has 3 nitrogen and oxygen atoms in total. The van der Waals surface area contributed by atoms with Crippen molar-refractivity contribution in [3.8, 4) is 0 Å². The first-order valence-corrected chi connectivity index (χ1v) is 9.27. The largest absolute Gasteiger partial charge is 0.272 e. The van der Waals surface area contributed by atoms with E-state index in [1.54, 1.807) is 18.0 Å². The highest BCUT2D eigenvalue weighted by Gasteiger charge is 2.01. The standard InChI is InChI=1S/C16H14Br2N2OS/c17-14-5-1-3-12(7-14)9-19-20-16(21)11-22-10-13-4-2-6-15(18)8-13/h1-9H,10-11H2,(H,20,21)/b19-9-. The lowest BCUT2D eigenvalue weighted by Crippen LogP contribution is -2.19. The van der Waals surface area contributed by atoms with Crippen LogP contribution in [0.3, 0.4) is 0 Å². The van der Waals surface area contributed by atoms with E-state index in [1.807, 2.05) is 42.5 Å². The molecule has 0 saturated heterocycles. The molecule has 0 spiro atoms. The zero-order chi connectivity index (χ0) is 15.8. The Morgan fingerprint density at radius 3 is 2.59 bits per heavy atom. The summed E-state index contributed by atoms with van der Waals surface area (Å²) in [4.78, 5) is 11.7. The molecule has 0 unspecified atom stereocenters. The van der Waals surface area contributed by atoms with Crippen LogP contribution in [0.1, 0.15) is 11.1 Å². The molecule has 0 aliphatic heterocycles. The topological polar surface area (TPSA) is 41.5 Å². The first-order chi connectivity index (χ1) is 10.6. The van der Waals surface area contributed by atoms with Gasteiger partial charge in [-0.3, -0.25) is 4.79 Å². The molecule has 2 aromatic rings. The second kappa shape index (κ2) is 9.12. The van der Waals surface area contributed by atoms with Gasteiger partial charge >= 0.3 is 0 Å². The summed E-state index contributed by atoms with van der Waals surface area (Å²) < 4.78 is 2.03. The van der Waals surface area contributed by atoms with Crippen molar-refractivity contribution in [2.45, 2.75) is 5.75 Å². The van der Waals surface area contributed by atoms with Gasteiger partial charge in [-0.05, 0) is 35.4 Å². The minimum Gasteiger partial charge on any atom is -0.272 e. The maximum atomic E-state index is 11.7. The van der Waals surface area contributed by atoms with Crippen LogP contribution in [0, 0.1) is 0 Å². The highest BCUT2D eigenvalue weighted by molar-refractivity contribution is 9.10. The number of hydrogen-bond donors (Lipinski definition) is 1. The number of hydrogen-bond acceptors (Lipinski definition) is 3. The fourth-order valence-electron chi connectivity index (χ4n) is 1.69. The molecule has 2 aromatic carbocycles. The normalized spacial score (nSPS) is 10.8. The van der Waals surface area contributed by atoms with E-state index in [2.05, 4.69) is 48.5 Å². The Hall–Kier alpha value is -1.11. The number of thioether (sulfide) groups is 1. The SMILES string of the molecule is O=C(CSCc1cccc(Br)c1)N/N=C\c1cccc(Br)c1. The first kappa shape index (κ1) is 17.2. The van der Waals surface area contributed by atoms with Crippen LogP contribution >= 0.6 is 43.6 Å². The summed E-state index contributed by atoms with van der Waals surface area (Å²) in [7, 11) is 0. The van der Waals surface area contributed by atoms with E-state index >= 15 is 0 Å². The summed E-state index contributed by atoms with van der Waals surface area (Å²) in [5.74, 6) is 1.07. The molecule has 0 bridgehead atoms. The minimum absolute atomic E-state index is 0.105. The number of nitrogens with zero attached hydrogens (tertiary/aromatic N) is 1. The lowest BCUT2D eigenvalue weighted by Gasteiger charge is -2.02. The van der Waals surface area contributed by atoms with E-state index in [0.29, 0.717) is 5.75 Å². The predicted octanol–water partition coefficient (Wildman–Crippen LogP) is 4.60. The number of halogens is 2. The molecule has 0 atom stereocenters. The lowest BCUT2D eigenvalue weighted by molar-refractivity contribution is -0.118. The number of nitrogens with one attached hydrogen (secondary N) is 1. The fraction of sp³-hybridized carbons (Fsp3) is 0.125. The van der Waals surface area contributed by atoms with Gasteiger partial charge in [0.05, 0.1) is 12.0 Å². The molecule has 22 heavy (non-hydrogen) atoms. The molecule has 0 heterocycles. The van der Waals surface area contributed by atoms with Crippen molar-refractivity contribution in [2.75, 3.05) is 5.75 Å². The molecule has 0 radical (unpaired) electrons. The zero-order valence-electron chi connectivity index (χ0n) is 11.6. The molecule has 0 saturated carbocycles. The Labute approximate surface area is 150 Å². The zero-order valence-corrected chi connectivity index (χ0v) is 15.6. The summed E-state index contributed by atoms with van der Waals surface area (Å²) in [6, 6.07) is 15.8. The first-order valence-electron chi connectivity index (χ1n) is 6.53. The van der Waals surface area contributed by atoms with Gasteiger partial charge < -0.3 is 0 Å². The summed E-state index contributed by atoms with van der Waals surface area (Å²) in [5.41, 5.74) is 4.65. The number of carbonyl (C=O) groups is 1. The number of hydrazone groups is 1. The van der Waals surface area contributed by atoms with E-state index in [4.69, 9.17) is 0 Å². The smallest absolute Gasteiger partial charge is 0.250 e. The molecular weight excluding hydrogens is 428 g/mol. The Balaban J connectivity index is 1.72. The van der Waals surface area contributed by atoms with Gasteiger partial charge in [-0.15, -0.1) is 11.8 Å². The molecule has 6 heteroatoms. The molecule has 1 amide bonds. The minimum atomic E-state index is -0.105. The molecule has 0 aromatic heterocycles. The van der Waals surface area contributed by atoms with E-state index < -0.39 is 0 Å². The van der Waals surface area contributed by atoms with Gasteiger partial charge in [-0.2, -0.15) is 5.10 Å². The van der Waals surface area contributed by atoms with Gasteiger partial charge in [0, 0.05) is 14.7 Å². The van der Waals surface area contributed by atoms with Gasteiger partial charge in [-0.1, -0.05) is 56.1 Å². The van der Waals surface area contributed by atoms with Gasteiger partial charge in [0.25, 0.3) is 0 Å². The summed E-state index contributed by atoms with van der Waals surface area (Å²) in [6.45, 7) is 0. The number of carbonyl (C=O) groups excluding carboxylic acids is 1. The van der Waals surface area contributed by atoms with Crippen LogP contribution in [0.15, 0.2) is 62.6 Å². The van der Waals surface area contributed by atoms with E-state index in [1.165, 1.54) is 5.56 Å². The van der Waals surface area contributed by atoms with Crippen LogP contribution in [0.4, 0.5) is 0 Å². The molecule has 114 valence electrons. The quantitative estimate of drug-likeness (QED) is 0.525. The van der Waals surface area contributed by atoms with Crippen LogP contribution in [0.2, 0.25) is 0 Å². The van der Waals surface area contributed by atoms with Crippen molar-refractivity contribution in [3.05, 3.63) is 68.6 Å². The van der Waals surface area contributed by atoms with Crippen LogP contribution in [0.25, 0.3) is 0 Å². The third-order valence-electron chi connectivity index (χ3n) is 2.64. The average molecular weight is 442 g/mol. The Morgan fingerprint density at radius 2 is 1.86 bits per heavy atom. The van der Waals surface area contributed by atoms with Gasteiger partial charge in [-0.25, -0.2) is 5.43 Å². The highest BCUT2D eigenvalue weighted by atomic mass is 79.9. The number of amides is 1. The van der Waals surface area contributed by atoms with E-state index in [-0.39, 0.29) is 5.91 Å². The van der Waals surface area contributed by atoms with Gasteiger partial charge in [0.2, 0.25) is 5.91 Å². The van der Waals surface area contributed by atoms with Crippen molar-refractivity contribution in [1.29, 1.82) is 0 Å². The average Bonchev–Trinajstić information content (AvgIpc) is 2.47. The monoisotopic (exact) mass is 440 g/mol. The van der Waals surface area contributed by atoms with Crippen molar-refractivity contribution in [2.24, 2.45) is 5.10 Å². The van der Waals surface area contributed by atoms with Crippen molar-refractivity contribution < 1.29 is 4.79 Å². The Bertz CT molecular complexity index is 677. The molecule has 0 aliphatic carbocycles. The van der Waals surface area contributed by atoms with Gasteiger partial charge in [0.15, 0.2) is 0 Å². The van der Waals surface area contributed by atoms with Gasteiger partial charge in [0.1, 0.15) is 0 Å². The van der Waals surface area contributed by atoms with Crippen molar-refractivity contribution in [1.82, 2.24) is 5.43 Å². The maximum Gasteiger partial charge on any atom is 0.250 e. The van der Waals surface area contributed by atoms with Crippen LogP contribution in [-0.2, 0) is 10.5 Å². The third kappa shape index (κ3) is 6.34.